The summed E-state index contributed by atoms with van der Waals surface area (Å²) in [7, 11) is 0. The van der Waals surface area contributed by atoms with Gasteiger partial charge in [-0.05, 0) is 42.0 Å². The predicted molar refractivity (Wildman–Crippen MR) is 69.4 cm³/mol. The van der Waals surface area contributed by atoms with E-state index in [-0.39, 0.29) is 0 Å². The summed E-state index contributed by atoms with van der Waals surface area (Å²) in [5.74, 6) is 0.513. The van der Waals surface area contributed by atoms with E-state index in [9.17, 15) is 0 Å². The molecule has 0 aliphatic carbocycles. The average molecular weight is 257 g/mol. The van der Waals surface area contributed by atoms with Gasteiger partial charge in [0, 0.05) is 0 Å². The molecular formula is C12H14Cl2N2. The highest BCUT2D eigenvalue weighted by molar-refractivity contribution is 6.36. The van der Waals surface area contributed by atoms with Gasteiger partial charge in [0.2, 0.25) is 5.28 Å². The first-order valence-corrected chi connectivity index (χ1v) is 6.26. The highest BCUT2D eigenvalue weighted by Crippen LogP contribution is 2.33. The van der Waals surface area contributed by atoms with Crippen molar-refractivity contribution in [2.45, 2.75) is 32.6 Å². The van der Waals surface area contributed by atoms with Gasteiger partial charge in [0.05, 0.1) is 16.1 Å². The lowest BCUT2D eigenvalue weighted by Gasteiger charge is -2.13. The Hall–Kier alpha value is -0.730. The van der Waals surface area contributed by atoms with Gasteiger partial charge in [0.15, 0.2) is 0 Å². The standard InChI is InChI=1S/C12H14Cl2N2/c1-3-7(4-2)8-5-6-9(13)11-10(8)15-12(14)16-11/h5-7H,3-4H2,1-2H3,(H,15,16). The summed E-state index contributed by atoms with van der Waals surface area (Å²) in [6.45, 7) is 4.37. The van der Waals surface area contributed by atoms with E-state index in [1.807, 2.05) is 6.07 Å². The molecule has 0 spiro atoms. The number of hydrogen-bond donors (Lipinski definition) is 1. The van der Waals surface area contributed by atoms with Crippen molar-refractivity contribution in [3.63, 3.8) is 0 Å². The smallest absolute Gasteiger partial charge is 0.201 e. The molecule has 1 heterocycles. The number of H-pyrrole nitrogens is 1. The number of nitrogens with one attached hydrogen (secondary N) is 1. The zero-order valence-corrected chi connectivity index (χ0v) is 10.9. The van der Waals surface area contributed by atoms with Crippen LogP contribution < -0.4 is 0 Å². The summed E-state index contributed by atoms with van der Waals surface area (Å²) in [4.78, 5) is 7.31. The first-order chi connectivity index (χ1) is 7.67. The first-order valence-electron chi connectivity index (χ1n) is 5.51. The second-order valence-corrected chi connectivity index (χ2v) is 4.67. The maximum atomic E-state index is 6.10. The van der Waals surface area contributed by atoms with Gasteiger partial charge in [0.1, 0.15) is 0 Å². The molecule has 0 unspecified atom stereocenters. The molecule has 2 nitrogen and oxygen atoms in total. The minimum atomic E-state index is 0.398. The Morgan fingerprint density at radius 2 is 1.94 bits per heavy atom. The molecule has 0 aliphatic rings. The Balaban J connectivity index is 2.66. The molecule has 0 fully saturated rings. The topological polar surface area (TPSA) is 28.7 Å². The Kier molecular flexibility index (Phi) is 3.41. The molecule has 2 aromatic rings. The lowest BCUT2D eigenvalue weighted by molar-refractivity contribution is 0.645. The minimum absolute atomic E-state index is 0.398. The number of rotatable bonds is 3. The van der Waals surface area contributed by atoms with Crippen molar-refractivity contribution in [1.29, 1.82) is 0 Å². The maximum Gasteiger partial charge on any atom is 0.201 e. The van der Waals surface area contributed by atoms with Gasteiger partial charge >= 0.3 is 0 Å². The molecule has 4 heteroatoms. The molecule has 16 heavy (non-hydrogen) atoms. The normalized spacial score (nSPS) is 11.6. The predicted octanol–water partition coefficient (Wildman–Crippen LogP) is 4.77. The van der Waals surface area contributed by atoms with Gasteiger partial charge in [-0.15, -0.1) is 0 Å². The second-order valence-electron chi connectivity index (χ2n) is 3.90. The van der Waals surface area contributed by atoms with Gasteiger partial charge in [-0.3, -0.25) is 0 Å². The summed E-state index contributed by atoms with van der Waals surface area (Å²) < 4.78 is 0. The first kappa shape index (κ1) is 11.7. The van der Waals surface area contributed by atoms with Crippen LogP contribution in [0, 0.1) is 0 Å². The van der Waals surface area contributed by atoms with Gasteiger partial charge in [0.25, 0.3) is 0 Å². The van der Waals surface area contributed by atoms with E-state index in [0.717, 1.165) is 23.9 Å². The van der Waals surface area contributed by atoms with Gasteiger partial charge in [-0.2, -0.15) is 0 Å². The van der Waals surface area contributed by atoms with E-state index in [1.165, 1.54) is 5.56 Å². The van der Waals surface area contributed by atoms with Crippen molar-refractivity contribution in [2.75, 3.05) is 0 Å². The Labute approximate surface area is 105 Å². The van der Waals surface area contributed by atoms with E-state index in [4.69, 9.17) is 23.2 Å². The van der Waals surface area contributed by atoms with Gasteiger partial charge in [-0.1, -0.05) is 31.5 Å². The molecule has 86 valence electrons. The van der Waals surface area contributed by atoms with Gasteiger partial charge in [-0.25, -0.2) is 4.98 Å². The monoisotopic (exact) mass is 256 g/mol. The fourth-order valence-corrected chi connectivity index (χ4v) is 2.49. The van der Waals surface area contributed by atoms with Crippen LogP contribution in [-0.4, -0.2) is 9.97 Å². The second kappa shape index (κ2) is 4.64. The SMILES string of the molecule is CCC(CC)c1ccc(Cl)c2[nH]c(Cl)nc12. The molecule has 0 bridgehead atoms. The number of benzene rings is 1. The third-order valence-corrected chi connectivity index (χ3v) is 3.52. The zero-order chi connectivity index (χ0) is 11.7. The number of fused-ring (bicyclic) bond motifs is 1. The summed E-state index contributed by atoms with van der Waals surface area (Å²) in [6.07, 6.45) is 2.19. The lowest BCUT2D eigenvalue weighted by atomic mass is 9.93. The number of nitrogens with zero attached hydrogens (tertiary/aromatic N) is 1. The number of aromatic amines is 1. The van der Waals surface area contributed by atoms with Crippen LogP contribution in [0.4, 0.5) is 0 Å². The van der Waals surface area contributed by atoms with Crippen molar-refractivity contribution < 1.29 is 0 Å². The molecule has 0 saturated carbocycles. The molecule has 1 aromatic carbocycles. The van der Waals surface area contributed by atoms with Crippen LogP contribution in [0.25, 0.3) is 11.0 Å². The molecule has 1 N–H and O–H groups in total. The van der Waals surface area contributed by atoms with Crippen LogP contribution in [-0.2, 0) is 0 Å². The Morgan fingerprint density at radius 3 is 2.56 bits per heavy atom. The highest BCUT2D eigenvalue weighted by Gasteiger charge is 2.15. The van der Waals surface area contributed by atoms with Crippen molar-refractivity contribution >= 4 is 34.2 Å². The summed E-state index contributed by atoms with van der Waals surface area (Å²) >= 11 is 12.0. The Morgan fingerprint density at radius 1 is 1.25 bits per heavy atom. The molecule has 0 saturated heterocycles. The average Bonchev–Trinajstić information content (AvgIpc) is 2.65. The molecule has 0 radical (unpaired) electrons. The number of halogens is 2. The van der Waals surface area contributed by atoms with Crippen LogP contribution in [0.5, 0.6) is 0 Å². The summed E-state index contributed by atoms with van der Waals surface area (Å²) in [5.41, 5.74) is 2.98. The number of aromatic nitrogens is 2. The molecule has 2 rings (SSSR count). The molecule has 1 aromatic heterocycles. The van der Waals surface area contributed by atoms with E-state index in [0.29, 0.717) is 16.2 Å². The van der Waals surface area contributed by atoms with Gasteiger partial charge < -0.3 is 4.98 Å². The maximum absolute atomic E-state index is 6.10. The highest BCUT2D eigenvalue weighted by atomic mass is 35.5. The van der Waals surface area contributed by atoms with Crippen LogP contribution in [0.1, 0.15) is 38.2 Å². The molecule has 0 aliphatic heterocycles. The Bertz CT molecular complexity index is 501. The van der Waals surface area contributed by atoms with Crippen molar-refractivity contribution in [1.82, 2.24) is 9.97 Å². The van der Waals surface area contributed by atoms with Crippen molar-refractivity contribution in [3.8, 4) is 0 Å². The third kappa shape index (κ3) is 1.92. The summed E-state index contributed by atoms with van der Waals surface area (Å²) in [6, 6.07) is 3.96. The zero-order valence-electron chi connectivity index (χ0n) is 9.35. The minimum Gasteiger partial charge on any atom is -0.327 e. The van der Waals surface area contributed by atoms with Crippen molar-refractivity contribution in [3.05, 3.63) is 28.0 Å². The summed E-state index contributed by atoms with van der Waals surface area (Å²) in [5, 5.41) is 1.07. The van der Waals surface area contributed by atoms with E-state index in [2.05, 4.69) is 29.9 Å². The quantitative estimate of drug-likeness (QED) is 0.842. The van der Waals surface area contributed by atoms with Crippen LogP contribution in [0.15, 0.2) is 12.1 Å². The fraction of sp³-hybridized carbons (Fsp3) is 0.417. The van der Waals surface area contributed by atoms with E-state index in [1.54, 1.807) is 0 Å². The van der Waals surface area contributed by atoms with E-state index >= 15 is 0 Å². The molecular weight excluding hydrogens is 243 g/mol. The van der Waals surface area contributed by atoms with Crippen molar-refractivity contribution in [2.24, 2.45) is 0 Å². The van der Waals surface area contributed by atoms with E-state index < -0.39 is 0 Å². The third-order valence-electron chi connectivity index (χ3n) is 3.02. The molecule has 0 atom stereocenters. The lowest BCUT2D eigenvalue weighted by Crippen LogP contribution is -1.96. The molecule has 0 amide bonds. The van der Waals surface area contributed by atoms with Crippen LogP contribution in [0.3, 0.4) is 0 Å². The van der Waals surface area contributed by atoms with Crippen LogP contribution in [0.2, 0.25) is 10.3 Å². The largest absolute Gasteiger partial charge is 0.327 e. The number of imidazole rings is 1. The van der Waals surface area contributed by atoms with Crippen LogP contribution >= 0.6 is 23.2 Å². The number of hydrogen-bond acceptors (Lipinski definition) is 1. The fourth-order valence-electron chi connectivity index (χ4n) is 2.11.